The van der Waals surface area contributed by atoms with Crippen LogP contribution in [0.15, 0.2) is 65.7 Å². The van der Waals surface area contributed by atoms with Gasteiger partial charge in [-0.3, -0.25) is 4.72 Å². The van der Waals surface area contributed by atoms with Gasteiger partial charge >= 0.3 is 0 Å². The van der Waals surface area contributed by atoms with Gasteiger partial charge in [0.25, 0.3) is 10.0 Å². The Kier molecular flexibility index (Phi) is 4.97. The molecule has 1 aromatic heterocycles. The topological polar surface area (TPSA) is 73.2 Å². The lowest BCUT2D eigenvalue weighted by atomic mass is 9.92. The quantitative estimate of drug-likeness (QED) is 0.721. The van der Waals surface area contributed by atoms with E-state index in [1.165, 1.54) is 7.11 Å². The Bertz CT molecular complexity index is 1040. The SMILES string of the molecule is COc1ccccc1NS(=O)(=O)c1cn(-c2ccccc2)nc1C(C)(C)C. The van der Waals surface area contributed by atoms with Crippen LogP contribution in [-0.4, -0.2) is 25.3 Å². The van der Waals surface area contributed by atoms with Crippen LogP contribution in [0.3, 0.4) is 0 Å². The number of benzene rings is 2. The minimum Gasteiger partial charge on any atom is -0.495 e. The average Bonchev–Trinajstić information content (AvgIpc) is 3.09. The largest absolute Gasteiger partial charge is 0.495 e. The molecule has 0 saturated carbocycles. The Morgan fingerprint density at radius 1 is 1.00 bits per heavy atom. The molecule has 0 fully saturated rings. The van der Waals surface area contributed by atoms with Crippen LogP contribution in [0.4, 0.5) is 5.69 Å². The summed E-state index contributed by atoms with van der Waals surface area (Å²) in [5, 5.41) is 4.57. The molecule has 2 aromatic carbocycles. The molecule has 0 unspecified atom stereocenters. The minimum absolute atomic E-state index is 0.143. The van der Waals surface area contributed by atoms with E-state index in [0.29, 0.717) is 17.1 Å². The van der Waals surface area contributed by atoms with Gasteiger partial charge in [-0.15, -0.1) is 0 Å². The maximum atomic E-state index is 13.2. The number of para-hydroxylation sites is 3. The summed E-state index contributed by atoms with van der Waals surface area (Å²) in [6, 6.07) is 16.3. The van der Waals surface area contributed by atoms with Crippen LogP contribution >= 0.6 is 0 Å². The van der Waals surface area contributed by atoms with Crippen LogP contribution in [-0.2, 0) is 15.4 Å². The molecule has 27 heavy (non-hydrogen) atoms. The molecule has 6 nitrogen and oxygen atoms in total. The summed E-state index contributed by atoms with van der Waals surface area (Å²) in [6.45, 7) is 5.81. The molecular formula is C20H23N3O3S. The third kappa shape index (κ3) is 3.98. The van der Waals surface area contributed by atoms with Crippen LogP contribution in [0, 0.1) is 0 Å². The van der Waals surface area contributed by atoms with Crippen LogP contribution in [0.25, 0.3) is 5.69 Å². The van der Waals surface area contributed by atoms with Gasteiger partial charge < -0.3 is 4.74 Å². The van der Waals surface area contributed by atoms with Crippen molar-refractivity contribution in [1.29, 1.82) is 0 Å². The van der Waals surface area contributed by atoms with Crippen molar-refractivity contribution in [2.24, 2.45) is 0 Å². The number of hydrogen-bond acceptors (Lipinski definition) is 4. The van der Waals surface area contributed by atoms with Crippen LogP contribution in [0.1, 0.15) is 26.5 Å². The van der Waals surface area contributed by atoms with Gasteiger partial charge in [-0.2, -0.15) is 5.10 Å². The molecule has 0 aliphatic heterocycles. The third-order valence-electron chi connectivity index (χ3n) is 4.05. The fraction of sp³-hybridized carbons (Fsp3) is 0.250. The summed E-state index contributed by atoms with van der Waals surface area (Å²) in [5.41, 5.74) is 1.22. The third-order valence-corrected chi connectivity index (χ3v) is 5.42. The molecule has 0 saturated heterocycles. The monoisotopic (exact) mass is 385 g/mol. The Morgan fingerprint density at radius 2 is 1.63 bits per heavy atom. The van der Waals surface area contributed by atoms with Gasteiger partial charge in [0, 0.05) is 5.41 Å². The first-order chi connectivity index (χ1) is 12.7. The Hall–Kier alpha value is -2.80. The molecule has 0 aliphatic carbocycles. The molecule has 0 radical (unpaired) electrons. The van der Waals surface area contributed by atoms with E-state index in [-0.39, 0.29) is 4.90 Å². The fourth-order valence-electron chi connectivity index (χ4n) is 2.72. The van der Waals surface area contributed by atoms with Gasteiger partial charge in [0.2, 0.25) is 0 Å². The second-order valence-electron chi connectivity index (χ2n) is 7.18. The lowest BCUT2D eigenvalue weighted by molar-refractivity contribution is 0.417. The number of rotatable bonds is 5. The first-order valence-corrected chi connectivity index (χ1v) is 10.0. The number of nitrogens with one attached hydrogen (secondary N) is 1. The lowest BCUT2D eigenvalue weighted by Gasteiger charge is -2.18. The zero-order valence-corrected chi connectivity index (χ0v) is 16.6. The van der Waals surface area contributed by atoms with Gasteiger partial charge in [-0.1, -0.05) is 51.1 Å². The summed E-state index contributed by atoms with van der Waals surface area (Å²) in [4.78, 5) is 0.143. The van der Waals surface area contributed by atoms with E-state index < -0.39 is 15.4 Å². The van der Waals surface area contributed by atoms with E-state index >= 15 is 0 Å². The first-order valence-electron chi connectivity index (χ1n) is 8.54. The number of ether oxygens (including phenoxy) is 1. The molecule has 142 valence electrons. The Labute approximate surface area is 159 Å². The first kappa shape index (κ1) is 19.0. The van der Waals surface area contributed by atoms with Gasteiger partial charge in [-0.25, -0.2) is 13.1 Å². The van der Waals surface area contributed by atoms with Crippen molar-refractivity contribution in [3.05, 3.63) is 66.5 Å². The van der Waals surface area contributed by atoms with E-state index in [4.69, 9.17) is 4.74 Å². The fourth-order valence-corrected chi connectivity index (χ4v) is 4.12. The molecule has 1 heterocycles. The van der Waals surface area contributed by atoms with Crippen molar-refractivity contribution in [2.45, 2.75) is 31.1 Å². The summed E-state index contributed by atoms with van der Waals surface area (Å²) < 4.78 is 35.8. The zero-order valence-electron chi connectivity index (χ0n) is 15.8. The lowest BCUT2D eigenvalue weighted by Crippen LogP contribution is -2.20. The van der Waals surface area contributed by atoms with E-state index in [2.05, 4.69) is 9.82 Å². The van der Waals surface area contributed by atoms with Crippen molar-refractivity contribution >= 4 is 15.7 Å². The van der Waals surface area contributed by atoms with E-state index in [9.17, 15) is 8.42 Å². The Morgan fingerprint density at radius 3 is 2.26 bits per heavy atom. The number of anilines is 1. The molecule has 0 spiro atoms. The summed E-state index contributed by atoms with van der Waals surface area (Å²) in [6.07, 6.45) is 1.55. The number of sulfonamides is 1. The molecule has 3 rings (SSSR count). The molecule has 7 heteroatoms. The highest BCUT2D eigenvalue weighted by molar-refractivity contribution is 7.92. The molecule has 0 atom stereocenters. The normalized spacial score (nSPS) is 12.0. The van der Waals surface area contributed by atoms with E-state index in [1.807, 2.05) is 51.1 Å². The highest BCUT2D eigenvalue weighted by Crippen LogP contribution is 2.32. The summed E-state index contributed by atoms with van der Waals surface area (Å²) in [5.74, 6) is 0.453. The van der Waals surface area contributed by atoms with Gasteiger partial charge in [0.1, 0.15) is 10.6 Å². The van der Waals surface area contributed by atoms with E-state index in [1.54, 1.807) is 35.1 Å². The predicted octanol–water partition coefficient (Wildman–Crippen LogP) is 3.98. The smallest absolute Gasteiger partial charge is 0.265 e. The van der Waals surface area contributed by atoms with Crippen molar-refractivity contribution in [3.63, 3.8) is 0 Å². The van der Waals surface area contributed by atoms with Crippen molar-refractivity contribution in [3.8, 4) is 11.4 Å². The standard InChI is InChI=1S/C20H23N3O3S/c1-20(2,3)19-18(14-23(21-19)15-10-6-5-7-11-15)27(24,25)22-16-12-8-9-13-17(16)26-4/h5-14,22H,1-4H3. The second kappa shape index (κ2) is 7.08. The van der Waals surface area contributed by atoms with Gasteiger partial charge in [0.05, 0.1) is 30.4 Å². The predicted molar refractivity (Wildman–Crippen MR) is 106 cm³/mol. The van der Waals surface area contributed by atoms with Crippen molar-refractivity contribution in [2.75, 3.05) is 11.8 Å². The molecule has 0 bridgehead atoms. The van der Waals surface area contributed by atoms with Crippen molar-refractivity contribution < 1.29 is 13.2 Å². The number of methoxy groups -OCH3 is 1. The Balaban J connectivity index is 2.10. The van der Waals surface area contributed by atoms with Gasteiger partial charge in [0.15, 0.2) is 0 Å². The number of hydrogen-bond donors (Lipinski definition) is 1. The van der Waals surface area contributed by atoms with E-state index in [0.717, 1.165) is 5.69 Å². The highest BCUT2D eigenvalue weighted by Gasteiger charge is 2.30. The second-order valence-corrected chi connectivity index (χ2v) is 8.83. The molecule has 1 N–H and O–H groups in total. The summed E-state index contributed by atoms with van der Waals surface area (Å²) >= 11 is 0. The van der Waals surface area contributed by atoms with Crippen LogP contribution in [0.2, 0.25) is 0 Å². The average molecular weight is 385 g/mol. The maximum Gasteiger partial charge on any atom is 0.265 e. The molecule has 3 aromatic rings. The number of nitrogens with zero attached hydrogens (tertiary/aromatic N) is 2. The van der Waals surface area contributed by atoms with Gasteiger partial charge in [-0.05, 0) is 24.3 Å². The zero-order chi connectivity index (χ0) is 19.7. The summed E-state index contributed by atoms with van der Waals surface area (Å²) in [7, 11) is -2.36. The van der Waals surface area contributed by atoms with Crippen LogP contribution in [0.5, 0.6) is 5.75 Å². The molecular weight excluding hydrogens is 362 g/mol. The molecule has 0 amide bonds. The minimum atomic E-state index is -3.86. The molecule has 0 aliphatic rings. The highest BCUT2D eigenvalue weighted by atomic mass is 32.2. The number of aromatic nitrogens is 2. The van der Waals surface area contributed by atoms with Crippen molar-refractivity contribution in [1.82, 2.24) is 9.78 Å². The van der Waals surface area contributed by atoms with Crippen LogP contribution < -0.4 is 9.46 Å². The maximum absolute atomic E-state index is 13.2.